The van der Waals surface area contributed by atoms with E-state index in [1.54, 1.807) is 6.08 Å². The van der Waals surface area contributed by atoms with Crippen LogP contribution in [0.3, 0.4) is 0 Å². The first-order valence-corrected chi connectivity index (χ1v) is 10.5. The Bertz CT molecular complexity index is 808. The van der Waals surface area contributed by atoms with Crippen molar-refractivity contribution in [2.45, 2.75) is 13.8 Å². The van der Waals surface area contributed by atoms with Gasteiger partial charge in [-0.05, 0) is 23.6 Å². The molecule has 0 atom stereocenters. The summed E-state index contributed by atoms with van der Waals surface area (Å²) >= 11 is 0. The summed E-state index contributed by atoms with van der Waals surface area (Å²) in [5.41, 5.74) is 1.61. The molecule has 2 heterocycles. The molecule has 0 bridgehead atoms. The van der Waals surface area contributed by atoms with Gasteiger partial charge in [-0.1, -0.05) is 32.1 Å². The number of hydrogen-bond donors (Lipinski definition) is 1. The topological polar surface area (TPSA) is 73.3 Å². The Kier molecular flexibility index (Phi) is 7.29. The second kappa shape index (κ2) is 9.91. The molecule has 0 aromatic heterocycles. The monoisotopic (exact) mass is 413 g/mol. The molecule has 1 saturated heterocycles. The van der Waals surface area contributed by atoms with Crippen molar-refractivity contribution >= 4 is 17.4 Å². The average molecular weight is 414 g/mol. The Labute approximate surface area is 178 Å². The van der Waals surface area contributed by atoms with Crippen LogP contribution >= 0.6 is 0 Å². The standard InChI is InChI=1S/C23H31N3O4/c1-4-9-26-22(28)20(18-5-7-19(8-6-18)30-16-17(2)3)21(23(26)29)25-12-10-24(11-13-25)14-15-27/h4-8,17,27H,1,9-16H2,2-3H3. The number of piperazine rings is 1. The minimum absolute atomic E-state index is 0.115. The van der Waals surface area contributed by atoms with E-state index < -0.39 is 0 Å². The molecule has 7 heteroatoms. The fourth-order valence-corrected chi connectivity index (χ4v) is 3.73. The third-order valence-corrected chi connectivity index (χ3v) is 5.29. The molecule has 0 spiro atoms. The van der Waals surface area contributed by atoms with Crippen molar-refractivity contribution in [3.8, 4) is 5.75 Å². The van der Waals surface area contributed by atoms with E-state index in [9.17, 15) is 9.59 Å². The summed E-state index contributed by atoms with van der Waals surface area (Å²) in [7, 11) is 0. The number of aliphatic hydroxyl groups is 1. The Morgan fingerprint density at radius 3 is 2.33 bits per heavy atom. The number of carbonyl (C=O) groups excluding carboxylic acids is 2. The molecule has 2 amide bonds. The first kappa shape index (κ1) is 22.1. The molecule has 0 aliphatic carbocycles. The van der Waals surface area contributed by atoms with Gasteiger partial charge in [0.2, 0.25) is 0 Å². The van der Waals surface area contributed by atoms with Crippen LogP contribution in [0.25, 0.3) is 5.57 Å². The van der Waals surface area contributed by atoms with Crippen molar-refractivity contribution in [3.05, 3.63) is 48.2 Å². The largest absolute Gasteiger partial charge is 0.493 e. The maximum absolute atomic E-state index is 13.1. The highest BCUT2D eigenvalue weighted by Crippen LogP contribution is 2.33. The maximum Gasteiger partial charge on any atom is 0.278 e. The van der Waals surface area contributed by atoms with E-state index in [0.29, 0.717) is 49.0 Å². The normalized spacial score (nSPS) is 18.0. The van der Waals surface area contributed by atoms with Gasteiger partial charge in [-0.2, -0.15) is 0 Å². The highest BCUT2D eigenvalue weighted by molar-refractivity contribution is 6.35. The van der Waals surface area contributed by atoms with Crippen LogP contribution in [0.1, 0.15) is 19.4 Å². The summed E-state index contributed by atoms with van der Waals surface area (Å²) in [5.74, 6) is 0.603. The van der Waals surface area contributed by atoms with Gasteiger partial charge in [0.15, 0.2) is 0 Å². The lowest BCUT2D eigenvalue weighted by molar-refractivity contribution is -0.137. The third kappa shape index (κ3) is 4.74. The van der Waals surface area contributed by atoms with E-state index in [1.807, 2.05) is 29.2 Å². The molecular formula is C23H31N3O4. The highest BCUT2D eigenvalue weighted by atomic mass is 16.5. The molecule has 1 aromatic carbocycles. The molecule has 3 rings (SSSR count). The van der Waals surface area contributed by atoms with Crippen molar-refractivity contribution in [2.75, 3.05) is 52.5 Å². The highest BCUT2D eigenvalue weighted by Gasteiger charge is 2.41. The number of nitrogens with zero attached hydrogens (tertiary/aromatic N) is 3. The van der Waals surface area contributed by atoms with E-state index in [1.165, 1.54) is 4.90 Å². The molecule has 0 unspecified atom stereocenters. The zero-order chi connectivity index (χ0) is 21.7. The van der Waals surface area contributed by atoms with Crippen molar-refractivity contribution in [2.24, 2.45) is 5.92 Å². The molecule has 30 heavy (non-hydrogen) atoms. The maximum atomic E-state index is 13.1. The van der Waals surface area contributed by atoms with Gasteiger partial charge in [0.05, 0.1) is 18.8 Å². The minimum atomic E-state index is -0.288. The van der Waals surface area contributed by atoms with Crippen molar-refractivity contribution in [1.82, 2.24) is 14.7 Å². The summed E-state index contributed by atoms with van der Waals surface area (Å²) in [6, 6.07) is 7.37. The summed E-state index contributed by atoms with van der Waals surface area (Å²) in [4.78, 5) is 31.6. The van der Waals surface area contributed by atoms with Gasteiger partial charge in [-0.25, -0.2) is 0 Å². The number of rotatable bonds is 9. The Hall–Kier alpha value is -2.64. The van der Waals surface area contributed by atoms with Gasteiger partial charge < -0.3 is 14.7 Å². The van der Waals surface area contributed by atoms with Crippen molar-refractivity contribution in [1.29, 1.82) is 0 Å². The van der Waals surface area contributed by atoms with Crippen LogP contribution in [0.15, 0.2) is 42.6 Å². The third-order valence-electron chi connectivity index (χ3n) is 5.29. The van der Waals surface area contributed by atoms with E-state index >= 15 is 0 Å². The fourth-order valence-electron chi connectivity index (χ4n) is 3.73. The van der Waals surface area contributed by atoms with Crippen LogP contribution in [0.5, 0.6) is 5.75 Å². The van der Waals surface area contributed by atoms with Gasteiger partial charge in [-0.15, -0.1) is 6.58 Å². The number of amides is 2. The molecule has 2 aliphatic rings. The molecule has 162 valence electrons. The molecule has 0 saturated carbocycles. The van der Waals surface area contributed by atoms with Crippen LogP contribution in [-0.4, -0.2) is 84.1 Å². The molecule has 2 aliphatic heterocycles. The summed E-state index contributed by atoms with van der Waals surface area (Å²) in [6.45, 7) is 12.1. The van der Waals surface area contributed by atoms with Crippen LogP contribution in [-0.2, 0) is 9.59 Å². The zero-order valence-corrected chi connectivity index (χ0v) is 17.8. The molecule has 7 nitrogen and oxygen atoms in total. The van der Waals surface area contributed by atoms with Crippen molar-refractivity contribution < 1.29 is 19.4 Å². The lowest BCUT2D eigenvalue weighted by Gasteiger charge is -2.36. The van der Waals surface area contributed by atoms with E-state index in [0.717, 1.165) is 18.8 Å². The van der Waals surface area contributed by atoms with Gasteiger partial charge in [0.1, 0.15) is 11.4 Å². The number of carbonyl (C=O) groups is 2. The number of β-amino-alcohol motifs (C(OH)–C–C–N with tert-alkyl or cyclic N) is 1. The second-order valence-electron chi connectivity index (χ2n) is 8.01. The number of aliphatic hydroxyl groups excluding tert-OH is 1. The lowest BCUT2D eigenvalue weighted by atomic mass is 10.0. The molecule has 1 N–H and O–H groups in total. The van der Waals surface area contributed by atoms with Crippen molar-refractivity contribution in [3.63, 3.8) is 0 Å². The molecule has 1 aromatic rings. The van der Waals surface area contributed by atoms with Crippen LogP contribution in [0, 0.1) is 5.92 Å². The van der Waals surface area contributed by atoms with Crippen LogP contribution in [0.2, 0.25) is 0 Å². The predicted molar refractivity (Wildman–Crippen MR) is 116 cm³/mol. The molecule has 0 radical (unpaired) electrons. The Morgan fingerprint density at radius 2 is 1.77 bits per heavy atom. The average Bonchev–Trinajstić information content (AvgIpc) is 2.98. The Balaban J connectivity index is 1.89. The summed E-state index contributed by atoms with van der Waals surface area (Å²) in [5, 5.41) is 9.16. The first-order valence-electron chi connectivity index (χ1n) is 10.5. The SMILES string of the molecule is C=CCN1C(=O)C(c2ccc(OCC(C)C)cc2)=C(N2CCN(CCO)CC2)C1=O. The quantitative estimate of drug-likeness (QED) is 0.490. The fraction of sp³-hybridized carbons (Fsp3) is 0.478. The number of benzene rings is 1. The van der Waals surface area contributed by atoms with Gasteiger partial charge >= 0.3 is 0 Å². The summed E-state index contributed by atoms with van der Waals surface area (Å²) in [6.07, 6.45) is 1.57. The number of imide groups is 1. The van der Waals surface area contributed by atoms with Crippen LogP contribution < -0.4 is 4.74 Å². The lowest BCUT2D eigenvalue weighted by Crippen LogP contribution is -2.48. The number of hydrogen-bond acceptors (Lipinski definition) is 6. The van der Waals surface area contributed by atoms with E-state index in [2.05, 4.69) is 25.3 Å². The number of ether oxygens (including phenoxy) is 1. The molecule has 1 fully saturated rings. The summed E-state index contributed by atoms with van der Waals surface area (Å²) < 4.78 is 5.74. The second-order valence-corrected chi connectivity index (χ2v) is 8.01. The smallest absolute Gasteiger partial charge is 0.278 e. The Morgan fingerprint density at radius 1 is 1.10 bits per heavy atom. The van der Waals surface area contributed by atoms with Gasteiger partial charge in [0, 0.05) is 39.3 Å². The van der Waals surface area contributed by atoms with Gasteiger partial charge in [-0.3, -0.25) is 19.4 Å². The molecular weight excluding hydrogens is 382 g/mol. The van der Waals surface area contributed by atoms with E-state index in [4.69, 9.17) is 9.84 Å². The van der Waals surface area contributed by atoms with Crippen LogP contribution in [0.4, 0.5) is 0 Å². The first-order chi connectivity index (χ1) is 14.5. The zero-order valence-electron chi connectivity index (χ0n) is 17.8. The van der Waals surface area contributed by atoms with Gasteiger partial charge in [0.25, 0.3) is 11.8 Å². The minimum Gasteiger partial charge on any atom is -0.493 e. The predicted octanol–water partition coefficient (Wildman–Crippen LogP) is 1.60. The van der Waals surface area contributed by atoms with E-state index in [-0.39, 0.29) is 25.0 Å².